The van der Waals surface area contributed by atoms with Crippen LogP contribution in [0.5, 0.6) is 5.88 Å². The molecular formula is C25H27F3N8O2. The summed E-state index contributed by atoms with van der Waals surface area (Å²) in [7, 11) is 1.66. The number of nitriles is 1. The average molecular weight is 529 g/mol. The van der Waals surface area contributed by atoms with Gasteiger partial charge in [0.2, 0.25) is 17.6 Å². The van der Waals surface area contributed by atoms with E-state index in [1.165, 1.54) is 12.5 Å². The molecule has 0 saturated carbocycles. The monoisotopic (exact) mass is 528 g/mol. The lowest BCUT2D eigenvalue weighted by Gasteiger charge is -2.33. The van der Waals surface area contributed by atoms with E-state index in [0.29, 0.717) is 25.2 Å². The second kappa shape index (κ2) is 10.5. The Morgan fingerprint density at radius 2 is 2.03 bits per heavy atom. The summed E-state index contributed by atoms with van der Waals surface area (Å²) in [5.41, 5.74) is -0.288. The molecule has 38 heavy (non-hydrogen) atoms. The molecule has 2 fully saturated rings. The minimum atomic E-state index is -4.72. The third kappa shape index (κ3) is 5.26. The van der Waals surface area contributed by atoms with Crippen molar-refractivity contribution in [1.29, 1.82) is 5.26 Å². The van der Waals surface area contributed by atoms with Crippen molar-refractivity contribution < 1.29 is 22.7 Å². The zero-order valence-corrected chi connectivity index (χ0v) is 20.8. The van der Waals surface area contributed by atoms with Gasteiger partial charge in [0.1, 0.15) is 22.8 Å². The number of carbonyl (C=O) groups is 1. The summed E-state index contributed by atoms with van der Waals surface area (Å²) >= 11 is 0. The highest BCUT2D eigenvalue weighted by Crippen LogP contribution is 2.38. The van der Waals surface area contributed by atoms with Gasteiger partial charge in [0, 0.05) is 31.9 Å². The number of likely N-dealkylation sites (tertiary alicyclic amines) is 1. The van der Waals surface area contributed by atoms with Gasteiger partial charge in [-0.05, 0) is 50.6 Å². The molecule has 1 atom stereocenters. The van der Waals surface area contributed by atoms with Crippen molar-refractivity contribution in [2.45, 2.75) is 44.3 Å². The number of rotatable bonds is 6. The maximum absolute atomic E-state index is 14.0. The van der Waals surface area contributed by atoms with Crippen molar-refractivity contribution in [2.24, 2.45) is 13.0 Å². The van der Waals surface area contributed by atoms with Crippen LogP contribution < -0.4 is 10.1 Å². The van der Waals surface area contributed by atoms with Crippen LogP contribution >= 0.6 is 0 Å². The summed E-state index contributed by atoms with van der Waals surface area (Å²) in [5, 5.41) is 12.5. The molecule has 2 aliphatic rings. The number of hydrogen-bond acceptors (Lipinski definition) is 8. The van der Waals surface area contributed by atoms with E-state index in [2.05, 4.69) is 25.3 Å². The first-order chi connectivity index (χ1) is 18.2. The van der Waals surface area contributed by atoms with Gasteiger partial charge in [-0.1, -0.05) is 0 Å². The minimum Gasteiger partial charge on any atom is -0.477 e. The van der Waals surface area contributed by atoms with E-state index in [-0.39, 0.29) is 47.1 Å². The Hall–Kier alpha value is -3.79. The fraction of sp³-hybridized carbons (Fsp3) is 0.520. The number of amides is 1. The Labute approximate surface area is 216 Å². The van der Waals surface area contributed by atoms with E-state index in [1.54, 1.807) is 11.6 Å². The van der Waals surface area contributed by atoms with Gasteiger partial charge in [-0.15, -0.1) is 0 Å². The number of alkyl halides is 3. The van der Waals surface area contributed by atoms with Crippen LogP contribution in [0, 0.1) is 17.2 Å². The molecular weight excluding hydrogens is 501 g/mol. The summed E-state index contributed by atoms with van der Waals surface area (Å²) in [6.07, 6.45) is 1.98. The van der Waals surface area contributed by atoms with Gasteiger partial charge in [-0.25, -0.2) is 15.0 Å². The number of halogens is 3. The molecule has 200 valence electrons. The van der Waals surface area contributed by atoms with E-state index in [1.807, 2.05) is 11.0 Å². The van der Waals surface area contributed by atoms with Gasteiger partial charge >= 0.3 is 6.18 Å². The van der Waals surface area contributed by atoms with Crippen LogP contribution in [0.15, 0.2) is 18.6 Å². The SMILES string of the molecule is Cn1cnc2c(-c3cnc(OCCC4CCN(C(=O)[C@@H]5CCCN5)CC4)c(C(F)(F)F)c3)nc(C#N)nc21. The number of pyridine rings is 1. The van der Waals surface area contributed by atoms with Crippen molar-refractivity contribution in [3.8, 4) is 23.2 Å². The van der Waals surface area contributed by atoms with Gasteiger partial charge in [-0.3, -0.25) is 4.79 Å². The lowest BCUT2D eigenvalue weighted by molar-refractivity contribution is -0.139. The number of piperidine rings is 1. The number of imidazole rings is 1. The normalized spacial score (nSPS) is 18.6. The molecule has 0 bridgehead atoms. The first kappa shape index (κ1) is 25.8. The molecule has 1 N–H and O–H groups in total. The highest BCUT2D eigenvalue weighted by Gasteiger charge is 2.36. The highest BCUT2D eigenvalue weighted by molar-refractivity contribution is 5.87. The van der Waals surface area contributed by atoms with Gasteiger partial charge < -0.3 is 19.5 Å². The molecule has 0 aliphatic carbocycles. The lowest BCUT2D eigenvalue weighted by Crippen LogP contribution is -2.47. The molecule has 2 saturated heterocycles. The minimum absolute atomic E-state index is 0.0565. The summed E-state index contributed by atoms with van der Waals surface area (Å²) in [6.45, 7) is 2.24. The van der Waals surface area contributed by atoms with Crippen molar-refractivity contribution in [3.05, 3.63) is 30.0 Å². The summed E-state index contributed by atoms with van der Waals surface area (Å²) in [5.74, 6) is -0.290. The van der Waals surface area contributed by atoms with Crippen LogP contribution in [0.4, 0.5) is 13.2 Å². The Morgan fingerprint density at radius 3 is 2.71 bits per heavy atom. The van der Waals surface area contributed by atoms with Gasteiger partial charge in [0.25, 0.3) is 0 Å². The van der Waals surface area contributed by atoms with Crippen LogP contribution in [0.3, 0.4) is 0 Å². The number of ether oxygens (including phenoxy) is 1. The van der Waals surface area contributed by atoms with E-state index < -0.39 is 17.6 Å². The molecule has 1 amide bonds. The third-order valence-corrected chi connectivity index (χ3v) is 7.14. The summed E-state index contributed by atoms with van der Waals surface area (Å²) in [6, 6.07) is 2.66. The molecule has 5 rings (SSSR count). The lowest BCUT2D eigenvalue weighted by atomic mass is 9.93. The third-order valence-electron chi connectivity index (χ3n) is 7.14. The van der Waals surface area contributed by atoms with E-state index >= 15 is 0 Å². The number of fused-ring (bicyclic) bond motifs is 1. The fourth-order valence-electron chi connectivity index (χ4n) is 5.04. The molecule has 0 radical (unpaired) electrons. The maximum Gasteiger partial charge on any atom is 0.421 e. The molecule has 13 heteroatoms. The predicted octanol–water partition coefficient (Wildman–Crippen LogP) is 3.08. The maximum atomic E-state index is 14.0. The second-order valence-corrected chi connectivity index (χ2v) is 9.66. The van der Waals surface area contributed by atoms with Gasteiger partial charge in [0.05, 0.1) is 19.0 Å². The molecule has 2 aliphatic heterocycles. The Morgan fingerprint density at radius 1 is 1.24 bits per heavy atom. The smallest absolute Gasteiger partial charge is 0.421 e. The Kier molecular flexibility index (Phi) is 7.16. The number of carbonyl (C=O) groups excluding carboxylic acids is 1. The van der Waals surface area contributed by atoms with E-state index in [4.69, 9.17) is 4.74 Å². The van der Waals surface area contributed by atoms with Crippen LogP contribution in [-0.2, 0) is 18.0 Å². The number of hydrogen-bond donors (Lipinski definition) is 1. The molecule has 3 aromatic heterocycles. The topological polar surface area (TPSA) is 122 Å². The molecule has 0 spiro atoms. The molecule has 5 heterocycles. The Bertz CT molecular complexity index is 1370. The Balaban J connectivity index is 1.27. The van der Waals surface area contributed by atoms with Crippen LogP contribution in [0.2, 0.25) is 0 Å². The quantitative estimate of drug-likeness (QED) is 0.518. The van der Waals surface area contributed by atoms with Crippen molar-refractivity contribution in [2.75, 3.05) is 26.2 Å². The zero-order valence-electron chi connectivity index (χ0n) is 20.8. The van der Waals surface area contributed by atoms with E-state index in [9.17, 15) is 23.2 Å². The van der Waals surface area contributed by atoms with Crippen LogP contribution in [0.1, 0.15) is 43.5 Å². The standard InChI is InChI=1S/C25H27F3N8O2/c1-35-14-32-21-20(33-19(12-29)34-22(21)35)16-11-17(25(26,27)28)23(31-13-16)38-10-6-15-4-8-36(9-5-15)24(37)18-3-2-7-30-18/h11,13-15,18,30H,2-10H2,1H3/t18-/m0/s1. The first-order valence-electron chi connectivity index (χ1n) is 12.6. The average Bonchev–Trinajstić information content (AvgIpc) is 3.58. The van der Waals surface area contributed by atoms with Gasteiger partial charge in [0.15, 0.2) is 5.65 Å². The molecule has 0 aromatic carbocycles. The number of aromatic nitrogens is 5. The van der Waals surface area contributed by atoms with E-state index in [0.717, 1.165) is 38.3 Å². The first-order valence-corrected chi connectivity index (χ1v) is 12.6. The molecule has 3 aromatic rings. The van der Waals surface area contributed by atoms with Crippen molar-refractivity contribution in [1.82, 2.24) is 34.7 Å². The number of aryl methyl sites for hydroxylation is 1. The molecule has 10 nitrogen and oxygen atoms in total. The molecule has 0 unspecified atom stereocenters. The van der Waals surface area contributed by atoms with Crippen molar-refractivity contribution in [3.63, 3.8) is 0 Å². The summed E-state index contributed by atoms with van der Waals surface area (Å²) < 4.78 is 49.0. The van der Waals surface area contributed by atoms with Crippen LogP contribution in [-0.4, -0.2) is 67.6 Å². The van der Waals surface area contributed by atoms with Crippen molar-refractivity contribution >= 4 is 17.1 Å². The van der Waals surface area contributed by atoms with Crippen LogP contribution in [0.25, 0.3) is 22.4 Å². The van der Waals surface area contributed by atoms with Gasteiger partial charge in [-0.2, -0.15) is 23.4 Å². The number of nitrogens with zero attached hydrogens (tertiary/aromatic N) is 7. The highest BCUT2D eigenvalue weighted by atomic mass is 19.4. The number of nitrogens with one attached hydrogen (secondary N) is 1. The zero-order chi connectivity index (χ0) is 26.9. The predicted molar refractivity (Wildman–Crippen MR) is 130 cm³/mol. The second-order valence-electron chi connectivity index (χ2n) is 9.66. The summed E-state index contributed by atoms with van der Waals surface area (Å²) in [4.78, 5) is 30.8. The fourth-order valence-corrected chi connectivity index (χ4v) is 5.04. The largest absolute Gasteiger partial charge is 0.477 e.